The van der Waals surface area contributed by atoms with Crippen molar-refractivity contribution in [3.63, 3.8) is 0 Å². The average Bonchev–Trinajstić information content (AvgIpc) is 3.06. The third kappa shape index (κ3) is 3.44. The number of aromatic amines is 1. The molecular formula is C16H20FN5O2. The smallest absolute Gasteiger partial charge is 0.239 e. The fourth-order valence-corrected chi connectivity index (χ4v) is 2.87. The minimum atomic E-state index is -0.637. The minimum absolute atomic E-state index is 0.336. The third-order valence-corrected chi connectivity index (χ3v) is 4.09. The normalized spacial score (nSPS) is 20.0. The number of carbonyl (C=O) groups is 1. The van der Waals surface area contributed by atoms with E-state index in [0.717, 1.165) is 12.2 Å². The molecule has 3 rings (SSSR count). The highest BCUT2D eigenvalue weighted by Gasteiger charge is 2.33. The van der Waals surface area contributed by atoms with Gasteiger partial charge in [-0.15, -0.1) is 0 Å². The summed E-state index contributed by atoms with van der Waals surface area (Å²) in [5, 5.41) is 7.04. The molecule has 0 aliphatic carbocycles. The summed E-state index contributed by atoms with van der Waals surface area (Å²) in [6, 6.07) is 5.17. The first-order chi connectivity index (χ1) is 11.6. The number of aryl methyl sites for hydroxylation is 1. The predicted molar refractivity (Wildman–Crippen MR) is 84.4 cm³/mol. The van der Waals surface area contributed by atoms with E-state index in [2.05, 4.69) is 15.2 Å². The summed E-state index contributed by atoms with van der Waals surface area (Å²) in [5.74, 6) is 0.524. The first-order valence-corrected chi connectivity index (χ1v) is 7.90. The number of nitrogens with two attached hydrogens (primary N) is 1. The van der Waals surface area contributed by atoms with E-state index in [9.17, 15) is 9.18 Å². The summed E-state index contributed by atoms with van der Waals surface area (Å²) in [6.45, 7) is 3.40. The number of H-pyrrole nitrogens is 1. The summed E-state index contributed by atoms with van der Waals surface area (Å²) >= 11 is 0. The maximum absolute atomic E-state index is 13.1. The van der Waals surface area contributed by atoms with Crippen molar-refractivity contribution in [2.24, 2.45) is 5.73 Å². The van der Waals surface area contributed by atoms with E-state index >= 15 is 0 Å². The molecule has 8 heteroatoms. The number of hydrogen-bond donors (Lipinski definition) is 2. The van der Waals surface area contributed by atoms with Gasteiger partial charge in [0.1, 0.15) is 23.8 Å². The number of nitrogens with zero attached hydrogens (tertiary/aromatic N) is 3. The number of ether oxygens (including phenoxy) is 1. The molecule has 1 aliphatic rings. The van der Waals surface area contributed by atoms with Crippen LogP contribution in [0.25, 0.3) is 0 Å². The number of primary amides is 1. The van der Waals surface area contributed by atoms with E-state index in [1.807, 2.05) is 11.8 Å². The fourth-order valence-electron chi connectivity index (χ4n) is 2.87. The van der Waals surface area contributed by atoms with Crippen LogP contribution in [0.1, 0.15) is 36.3 Å². The Hall–Kier alpha value is -2.32. The van der Waals surface area contributed by atoms with E-state index in [0.29, 0.717) is 31.1 Å². The Kier molecular flexibility index (Phi) is 4.86. The number of amides is 1. The van der Waals surface area contributed by atoms with Gasteiger partial charge in [-0.1, -0.05) is 19.1 Å². The SMILES string of the molecule is CCc1nc([C@H]2CN([C@H](C(N)=O)c3ccc(F)cc3)CCO2)n[nH]1. The second-order valence-electron chi connectivity index (χ2n) is 5.70. The molecule has 0 unspecified atom stereocenters. The standard InChI is InChI=1S/C16H20FN5O2/c1-2-13-19-16(21-20-13)12-9-22(7-8-24-12)14(15(18)23)10-3-5-11(17)6-4-10/h3-6,12,14H,2,7-9H2,1H3,(H2,18,23)(H,19,20,21)/t12-,14+/m1/s1. The van der Waals surface area contributed by atoms with Gasteiger partial charge >= 0.3 is 0 Å². The molecule has 7 nitrogen and oxygen atoms in total. The maximum Gasteiger partial charge on any atom is 0.239 e. The molecule has 0 radical (unpaired) electrons. The number of nitrogens with one attached hydrogen (secondary N) is 1. The van der Waals surface area contributed by atoms with E-state index in [4.69, 9.17) is 10.5 Å². The Morgan fingerprint density at radius 1 is 1.50 bits per heavy atom. The molecule has 3 N–H and O–H groups in total. The second kappa shape index (κ2) is 7.06. The summed E-state index contributed by atoms with van der Waals surface area (Å²) in [5.41, 5.74) is 6.26. The van der Waals surface area contributed by atoms with Crippen LogP contribution in [0.5, 0.6) is 0 Å². The first kappa shape index (κ1) is 16.5. The van der Waals surface area contributed by atoms with Crippen molar-refractivity contribution in [2.45, 2.75) is 25.5 Å². The van der Waals surface area contributed by atoms with Crippen molar-refractivity contribution >= 4 is 5.91 Å². The minimum Gasteiger partial charge on any atom is -0.368 e. The van der Waals surface area contributed by atoms with Crippen molar-refractivity contribution < 1.29 is 13.9 Å². The molecule has 0 bridgehead atoms. The predicted octanol–water partition coefficient (Wildman–Crippen LogP) is 1.11. The molecule has 2 heterocycles. The molecule has 1 saturated heterocycles. The van der Waals surface area contributed by atoms with Crippen LogP contribution in [-0.2, 0) is 16.0 Å². The van der Waals surface area contributed by atoms with Crippen LogP contribution in [0.15, 0.2) is 24.3 Å². The van der Waals surface area contributed by atoms with Gasteiger partial charge in [-0.05, 0) is 17.7 Å². The van der Waals surface area contributed by atoms with Crippen molar-refractivity contribution in [1.29, 1.82) is 0 Å². The van der Waals surface area contributed by atoms with Crippen LogP contribution >= 0.6 is 0 Å². The molecule has 1 aromatic heterocycles. The highest BCUT2D eigenvalue weighted by Crippen LogP contribution is 2.27. The monoisotopic (exact) mass is 333 g/mol. The van der Waals surface area contributed by atoms with Crippen LogP contribution in [0.3, 0.4) is 0 Å². The van der Waals surface area contributed by atoms with Crippen LogP contribution < -0.4 is 5.73 Å². The highest BCUT2D eigenvalue weighted by atomic mass is 19.1. The fraction of sp³-hybridized carbons (Fsp3) is 0.438. The van der Waals surface area contributed by atoms with Gasteiger partial charge < -0.3 is 10.5 Å². The highest BCUT2D eigenvalue weighted by molar-refractivity contribution is 5.81. The molecule has 2 aromatic rings. The number of morpholine rings is 1. The van der Waals surface area contributed by atoms with Gasteiger partial charge in [0.2, 0.25) is 5.91 Å². The van der Waals surface area contributed by atoms with Crippen LogP contribution in [-0.4, -0.2) is 45.7 Å². The first-order valence-electron chi connectivity index (χ1n) is 7.90. The molecule has 24 heavy (non-hydrogen) atoms. The van der Waals surface area contributed by atoms with Gasteiger partial charge in [0.15, 0.2) is 5.82 Å². The van der Waals surface area contributed by atoms with Crippen molar-refractivity contribution in [3.05, 3.63) is 47.3 Å². The van der Waals surface area contributed by atoms with Crippen molar-refractivity contribution in [3.8, 4) is 0 Å². The van der Waals surface area contributed by atoms with Gasteiger partial charge in [-0.25, -0.2) is 9.37 Å². The van der Waals surface area contributed by atoms with E-state index < -0.39 is 11.9 Å². The summed E-state index contributed by atoms with van der Waals surface area (Å²) in [6.07, 6.45) is 0.417. The topological polar surface area (TPSA) is 97.1 Å². The lowest BCUT2D eigenvalue weighted by Gasteiger charge is -2.36. The largest absolute Gasteiger partial charge is 0.368 e. The maximum atomic E-state index is 13.1. The van der Waals surface area contributed by atoms with E-state index in [1.165, 1.54) is 12.1 Å². The summed E-state index contributed by atoms with van der Waals surface area (Å²) in [4.78, 5) is 18.3. The zero-order chi connectivity index (χ0) is 17.1. The average molecular weight is 333 g/mol. The number of halogens is 1. The molecule has 1 aliphatic heterocycles. The van der Waals surface area contributed by atoms with Gasteiger partial charge in [0, 0.05) is 19.5 Å². The van der Waals surface area contributed by atoms with Crippen molar-refractivity contribution in [1.82, 2.24) is 20.1 Å². The zero-order valence-electron chi connectivity index (χ0n) is 13.4. The molecule has 0 saturated carbocycles. The molecule has 1 fully saturated rings. The van der Waals surface area contributed by atoms with Crippen molar-refractivity contribution in [2.75, 3.05) is 19.7 Å². The lowest BCUT2D eigenvalue weighted by Crippen LogP contribution is -2.45. The molecule has 128 valence electrons. The number of carbonyl (C=O) groups excluding carboxylic acids is 1. The lowest BCUT2D eigenvalue weighted by atomic mass is 10.0. The molecule has 2 atom stereocenters. The quantitative estimate of drug-likeness (QED) is 0.854. The third-order valence-electron chi connectivity index (χ3n) is 4.09. The van der Waals surface area contributed by atoms with Crippen LogP contribution in [0.2, 0.25) is 0 Å². The molecule has 1 aromatic carbocycles. The van der Waals surface area contributed by atoms with Gasteiger partial charge in [0.05, 0.1) is 6.61 Å². The zero-order valence-corrected chi connectivity index (χ0v) is 13.4. The number of hydrogen-bond acceptors (Lipinski definition) is 5. The Balaban J connectivity index is 1.80. The van der Waals surface area contributed by atoms with Crippen LogP contribution in [0.4, 0.5) is 4.39 Å². The number of rotatable bonds is 5. The van der Waals surface area contributed by atoms with Crippen LogP contribution in [0, 0.1) is 5.82 Å². The Morgan fingerprint density at radius 2 is 2.25 bits per heavy atom. The van der Waals surface area contributed by atoms with Gasteiger partial charge in [-0.2, -0.15) is 5.10 Å². The lowest BCUT2D eigenvalue weighted by molar-refractivity contribution is -0.127. The Labute approximate surface area is 139 Å². The molecule has 1 amide bonds. The van der Waals surface area contributed by atoms with E-state index in [-0.39, 0.29) is 11.9 Å². The Bertz CT molecular complexity index is 703. The second-order valence-corrected chi connectivity index (χ2v) is 5.70. The summed E-state index contributed by atoms with van der Waals surface area (Å²) in [7, 11) is 0. The molecular weight excluding hydrogens is 313 g/mol. The van der Waals surface area contributed by atoms with E-state index in [1.54, 1.807) is 12.1 Å². The summed E-state index contributed by atoms with van der Waals surface area (Å²) < 4.78 is 18.9. The number of benzene rings is 1. The van der Waals surface area contributed by atoms with Gasteiger partial charge in [-0.3, -0.25) is 14.8 Å². The number of aromatic nitrogens is 3. The Morgan fingerprint density at radius 3 is 2.88 bits per heavy atom. The van der Waals surface area contributed by atoms with Gasteiger partial charge in [0.25, 0.3) is 0 Å². The molecule has 0 spiro atoms.